The summed E-state index contributed by atoms with van der Waals surface area (Å²) in [5, 5.41) is 6.96. The molecule has 0 aromatic heterocycles. The van der Waals surface area contributed by atoms with Crippen molar-refractivity contribution in [3.63, 3.8) is 0 Å². The van der Waals surface area contributed by atoms with Crippen LogP contribution < -0.4 is 16.4 Å². The van der Waals surface area contributed by atoms with Gasteiger partial charge in [0.2, 0.25) is 0 Å². The molecule has 0 radical (unpaired) electrons. The molecule has 1 fully saturated rings. The molecule has 15 heavy (non-hydrogen) atoms. The van der Waals surface area contributed by atoms with Crippen molar-refractivity contribution in [2.45, 2.75) is 25.8 Å². The summed E-state index contributed by atoms with van der Waals surface area (Å²) in [5.74, 6) is 0. The summed E-state index contributed by atoms with van der Waals surface area (Å²) in [5.41, 5.74) is 8.98. The normalized spacial score (nSPS) is 21.3. The number of nitrogens with one attached hydrogen (secondary N) is 2. The van der Waals surface area contributed by atoms with E-state index < -0.39 is 0 Å². The molecule has 82 valence electrons. The number of anilines is 2. The van der Waals surface area contributed by atoms with Crippen LogP contribution in [0.4, 0.5) is 11.4 Å². The van der Waals surface area contributed by atoms with Gasteiger partial charge in [-0.3, -0.25) is 0 Å². The first-order valence-electron chi connectivity index (χ1n) is 5.59. The highest BCUT2D eigenvalue weighted by Crippen LogP contribution is 2.19. The molecular formula is C12H19N3. The maximum Gasteiger partial charge on any atom is 0.0386 e. The quantitative estimate of drug-likeness (QED) is 0.645. The van der Waals surface area contributed by atoms with Gasteiger partial charge in [-0.15, -0.1) is 0 Å². The fourth-order valence-electron chi connectivity index (χ4n) is 2.04. The van der Waals surface area contributed by atoms with Gasteiger partial charge in [0.05, 0.1) is 0 Å². The van der Waals surface area contributed by atoms with Crippen molar-refractivity contribution >= 4 is 11.4 Å². The van der Waals surface area contributed by atoms with Crippen LogP contribution in [0.3, 0.4) is 0 Å². The molecule has 2 rings (SSSR count). The Kier molecular flexibility index (Phi) is 3.11. The van der Waals surface area contributed by atoms with Crippen LogP contribution in [0.2, 0.25) is 0 Å². The molecule has 1 aliphatic rings. The lowest BCUT2D eigenvalue weighted by Crippen LogP contribution is -2.38. The van der Waals surface area contributed by atoms with Gasteiger partial charge in [0.25, 0.3) is 0 Å². The standard InChI is InChI=1S/C12H19N3/c1-9-7-10(13)4-5-12(9)15-11-3-2-6-14-8-11/h4-5,7,11,14-15H,2-3,6,8,13H2,1H3. The molecule has 4 N–H and O–H groups in total. The Hall–Kier alpha value is -1.22. The average Bonchev–Trinajstić information content (AvgIpc) is 2.24. The summed E-state index contributed by atoms with van der Waals surface area (Å²) >= 11 is 0. The first kappa shape index (κ1) is 10.3. The van der Waals surface area contributed by atoms with Crippen LogP contribution in [0.1, 0.15) is 18.4 Å². The van der Waals surface area contributed by atoms with Gasteiger partial charge in [-0.25, -0.2) is 0 Å². The molecular weight excluding hydrogens is 186 g/mol. The summed E-state index contributed by atoms with van der Waals surface area (Å²) in [6.07, 6.45) is 2.50. The summed E-state index contributed by atoms with van der Waals surface area (Å²) in [6.45, 7) is 4.30. The zero-order chi connectivity index (χ0) is 10.7. The molecule has 1 aromatic carbocycles. The molecule has 1 aromatic rings. The van der Waals surface area contributed by atoms with Crippen molar-refractivity contribution in [2.24, 2.45) is 0 Å². The van der Waals surface area contributed by atoms with Crippen LogP contribution in [0.25, 0.3) is 0 Å². The van der Waals surface area contributed by atoms with Crippen LogP contribution in [0, 0.1) is 6.92 Å². The fourth-order valence-corrected chi connectivity index (χ4v) is 2.04. The SMILES string of the molecule is Cc1cc(N)ccc1NC1CCCNC1. The molecule has 0 aliphatic carbocycles. The van der Waals surface area contributed by atoms with Gasteiger partial charge < -0.3 is 16.4 Å². The third-order valence-corrected chi connectivity index (χ3v) is 2.91. The first-order chi connectivity index (χ1) is 7.25. The van der Waals surface area contributed by atoms with Crippen LogP contribution in [0.15, 0.2) is 18.2 Å². The second-order valence-corrected chi connectivity index (χ2v) is 4.26. The van der Waals surface area contributed by atoms with Gasteiger partial charge >= 0.3 is 0 Å². The van der Waals surface area contributed by atoms with Gasteiger partial charge in [-0.2, -0.15) is 0 Å². The summed E-state index contributed by atoms with van der Waals surface area (Å²) in [6, 6.07) is 6.59. The Balaban J connectivity index is 2.03. The Morgan fingerprint density at radius 3 is 3.00 bits per heavy atom. The van der Waals surface area contributed by atoms with Gasteiger partial charge in [-0.05, 0) is 50.1 Å². The first-order valence-corrected chi connectivity index (χ1v) is 5.59. The number of hydrogen-bond donors (Lipinski definition) is 3. The Morgan fingerprint density at radius 1 is 1.47 bits per heavy atom. The second kappa shape index (κ2) is 4.53. The summed E-state index contributed by atoms with van der Waals surface area (Å²) < 4.78 is 0. The molecule has 1 aliphatic heterocycles. The zero-order valence-electron chi connectivity index (χ0n) is 9.22. The smallest absolute Gasteiger partial charge is 0.0386 e. The minimum atomic E-state index is 0.557. The molecule has 1 atom stereocenters. The molecule has 1 unspecified atom stereocenters. The maximum atomic E-state index is 5.72. The maximum absolute atomic E-state index is 5.72. The molecule has 0 saturated carbocycles. The topological polar surface area (TPSA) is 50.1 Å². The van der Waals surface area contributed by atoms with E-state index in [-0.39, 0.29) is 0 Å². The Morgan fingerprint density at radius 2 is 2.33 bits per heavy atom. The number of hydrogen-bond acceptors (Lipinski definition) is 3. The molecule has 0 amide bonds. The largest absolute Gasteiger partial charge is 0.399 e. The fraction of sp³-hybridized carbons (Fsp3) is 0.500. The minimum Gasteiger partial charge on any atom is -0.399 e. The van der Waals surface area contributed by atoms with E-state index in [4.69, 9.17) is 5.73 Å². The number of aryl methyl sites for hydroxylation is 1. The molecule has 3 heteroatoms. The summed E-state index contributed by atoms with van der Waals surface area (Å²) in [4.78, 5) is 0. The van der Waals surface area contributed by atoms with E-state index in [0.29, 0.717) is 6.04 Å². The van der Waals surface area contributed by atoms with Crippen LogP contribution in [-0.2, 0) is 0 Å². The Bertz CT molecular complexity index is 330. The van der Waals surface area contributed by atoms with Crippen molar-refractivity contribution in [3.05, 3.63) is 23.8 Å². The molecule has 0 bridgehead atoms. The number of benzene rings is 1. The monoisotopic (exact) mass is 205 g/mol. The highest BCUT2D eigenvalue weighted by molar-refractivity contribution is 5.57. The van der Waals surface area contributed by atoms with Crippen molar-refractivity contribution in [1.29, 1.82) is 0 Å². The lowest BCUT2D eigenvalue weighted by atomic mass is 10.1. The van der Waals surface area contributed by atoms with E-state index in [9.17, 15) is 0 Å². The van der Waals surface area contributed by atoms with E-state index in [1.54, 1.807) is 0 Å². The van der Waals surface area contributed by atoms with Crippen molar-refractivity contribution in [2.75, 3.05) is 24.1 Å². The second-order valence-electron chi connectivity index (χ2n) is 4.26. The average molecular weight is 205 g/mol. The molecule has 1 saturated heterocycles. The molecule has 3 nitrogen and oxygen atoms in total. The third kappa shape index (κ3) is 2.63. The molecule has 1 heterocycles. The zero-order valence-corrected chi connectivity index (χ0v) is 9.22. The summed E-state index contributed by atoms with van der Waals surface area (Å²) in [7, 11) is 0. The lowest BCUT2D eigenvalue weighted by Gasteiger charge is -2.25. The number of rotatable bonds is 2. The lowest BCUT2D eigenvalue weighted by molar-refractivity contribution is 0.480. The number of nitrogen functional groups attached to an aromatic ring is 1. The van der Waals surface area contributed by atoms with Crippen LogP contribution >= 0.6 is 0 Å². The van der Waals surface area contributed by atoms with Crippen LogP contribution in [-0.4, -0.2) is 19.1 Å². The predicted molar refractivity (Wildman–Crippen MR) is 65.1 cm³/mol. The highest BCUT2D eigenvalue weighted by atomic mass is 15.0. The van der Waals surface area contributed by atoms with E-state index in [1.165, 1.54) is 24.1 Å². The predicted octanol–water partition coefficient (Wildman–Crippen LogP) is 1.74. The highest BCUT2D eigenvalue weighted by Gasteiger charge is 2.12. The van der Waals surface area contributed by atoms with Gasteiger partial charge in [0, 0.05) is 24.0 Å². The van der Waals surface area contributed by atoms with Gasteiger partial charge in [-0.1, -0.05) is 0 Å². The van der Waals surface area contributed by atoms with E-state index in [0.717, 1.165) is 18.8 Å². The van der Waals surface area contributed by atoms with Crippen molar-refractivity contribution in [3.8, 4) is 0 Å². The van der Waals surface area contributed by atoms with Gasteiger partial charge in [0.15, 0.2) is 0 Å². The van der Waals surface area contributed by atoms with E-state index >= 15 is 0 Å². The third-order valence-electron chi connectivity index (χ3n) is 2.91. The molecule has 0 spiro atoms. The van der Waals surface area contributed by atoms with E-state index in [2.05, 4.69) is 23.6 Å². The minimum absolute atomic E-state index is 0.557. The number of nitrogens with two attached hydrogens (primary N) is 1. The van der Waals surface area contributed by atoms with Gasteiger partial charge in [0.1, 0.15) is 0 Å². The Labute approximate surface area is 91.1 Å². The van der Waals surface area contributed by atoms with E-state index in [1.807, 2.05) is 12.1 Å². The van der Waals surface area contributed by atoms with Crippen LogP contribution in [0.5, 0.6) is 0 Å². The van der Waals surface area contributed by atoms with Crippen molar-refractivity contribution in [1.82, 2.24) is 5.32 Å². The van der Waals surface area contributed by atoms with Crippen molar-refractivity contribution < 1.29 is 0 Å². The number of piperidine rings is 1.